The van der Waals surface area contributed by atoms with Crippen LogP contribution in [0.3, 0.4) is 0 Å². The Balaban J connectivity index is 1.70. The van der Waals surface area contributed by atoms with Gasteiger partial charge in [-0.15, -0.1) is 0 Å². The second-order valence-electron chi connectivity index (χ2n) is 6.58. The molecule has 110 valence electrons. The van der Waals surface area contributed by atoms with E-state index in [4.69, 9.17) is 0 Å². The summed E-state index contributed by atoms with van der Waals surface area (Å²) in [4.78, 5) is 0. The van der Waals surface area contributed by atoms with E-state index in [-0.39, 0.29) is 0 Å². The molecule has 3 heteroatoms. The summed E-state index contributed by atoms with van der Waals surface area (Å²) in [5, 5.41) is 14.3. The molecule has 1 saturated heterocycles. The number of rotatable bonds is 3. The molecule has 0 radical (unpaired) electrons. The molecule has 2 atom stereocenters. The Morgan fingerprint density at radius 2 is 2.10 bits per heavy atom. The van der Waals surface area contributed by atoms with Gasteiger partial charge in [0.1, 0.15) is 0 Å². The first-order valence-corrected chi connectivity index (χ1v) is 8.86. The Hall–Kier alpha value is -0.510. The minimum atomic E-state index is -0.489. The van der Waals surface area contributed by atoms with Crippen LogP contribution >= 0.6 is 11.8 Å². The summed E-state index contributed by atoms with van der Waals surface area (Å²) in [6, 6.07) is 7.20. The van der Waals surface area contributed by atoms with Crippen LogP contribution in [0.15, 0.2) is 18.2 Å². The molecule has 1 fully saturated rings. The second kappa shape index (κ2) is 5.70. The van der Waals surface area contributed by atoms with Gasteiger partial charge in [-0.3, -0.25) is 0 Å². The Labute approximate surface area is 126 Å². The number of benzene rings is 1. The number of hydrogen-bond donors (Lipinski definition) is 2. The summed E-state index contributed by atoms with van der Waals surface area (Å²) in [5.74, 6) is 2.80. The van der Waals surface area contributed by atoms with Crippen LogP contribution in [-0.4, -0.2) is 28.8 Å². The molecule has 0 amide bonds. The van der Waals surface area contributed by atoms with Crippen molar-refractivity contribution in [2.24, 2.45) is 5.92 Å². The molecule has 2 aliphatic rings. The number of thioether (sulfide) groups is 1. The van der Waals surface area contributed by atoms with Crippen molar-refractivity contribution in [3.63, 3.8) is 0 Å². The second-order valence-corrected chi connectivity index (χ2v) is 7.80. The van der Waals surface area contributed by atoms with Gasteiger partial charge in [0, 0.05) is 12.6 Å². The van der Waals surface area contributed by atoms with Crippen LogP contribution in [0.4, 0.5) is 0 Å². The quantitative estimate of drug-likeness (QED) is 0.897. The zero-order valence-electron chi connectivity index (χ0n) is 12.5. The summed E-state index contributed by atoms with van der Waals surface area (Å²) in [6.07, 6.45) is 3.00. The lowest BCUT2D eigenvalue weighted by atomic mass is 9.94. The van der Waals surface area contributed by atoms with Crippen LogP contribution in [0.2, 0.25) is 0 Å². The molecule has 1 heterocycles. The average Bonchev–Trinajstić information content (AvgIpc) is 2.72. The van der Waals surface area contributed by atoms with Crippen molar-refractivity contribution in [1.82, 2.24) is 5.32 Å². The van der Waals surface area contributed by atoms with Gasteiger partial charge in [0.25, 0.3) is 0 Å². The van der Waals surface area contributed by atoms with Crippen LogP contribution in [-0.2, 0) is 6.42 Å². The first-order chi connectivity index (χ1) is 9.57. The summed E-state index contributed by atoms with van der Waals surface area (Å²) in [6.45, 7) is 5.20. The molecule has 20 heavy (non-hydrogen) atoms. The van der Waals surface area contributed by atoms with Gasteiger partial charge in [-0.1, -0.05) is 30.7 Å². The summed E-state index contributed by atoms with van der Waals surface area (Å²) >= 11 is 1.96. The van der Waals surface area contributed by atoms with Crippen molar-refractivity contribution in [1.29, 1.82) is 0 Å². The molecule has 2 unspecified atom stereocenters. The van der Waals surface area contributed by atoms with Gasteiger partial charge in [0.15, 0.2) is 0 Å². The lowest BCUT2D eigenvalue weighted by Crippen LogP contribution is -2.45. The molecule has 2 nitrogen and oxygen atoms in total. The van der Waals surface area contributed by atoms with Crippen molar-refractivity contribution in [2.45, 2.75) is 44.8 Å². The molecule has 1 aliphatic carbocycles. The molecular weight excluding hydrogens is 266 g/mol. The van der Waals surface area contributed by atoms with Gasteiger partial charge >= 0.3 is 0 Å². The summed E-state index contributed by atoms with van der Waals surface area (Å²) in [5.41, 5.74) is 3.77. The molecule has 3 rings (SSSR count). The maximum absolute atomic E-state index is 10.6. The number of hydrogen-bond acceptors (Lipinski definition) is 3. The van der Waals surface area contributed by atoms with Crippen LogP contribution in [0.25, 0.3) is 0 Å². The van der Waals surface area contributed by atoms with E-state index >= 15 is 0 Å². The smallest absolute Gasteiger partial charge is 0.0787 e. The minimum Gasteiger partial charge on any atom is -0.389 e. The maximum Gasteiger partial charge on any atom is 0.0787 e. The van der Waals surface area contributed by atoms with E-state index in [1.165, 1.54) is 16.7 Å². The Morgan fingerprint density at radius 1 is 1.35 bits per heavy atom. The number of fused-ring (bicyclic) bond motifs is 1. The molecular formula is C17H25NOS. The molecule has 1 aromatic rings. The highest BCUT2D eigenvalue weighted by Gasteiger charge is 2.34. The molecule has 1 aromatic carbocycles. The van der Waals surface area contributed by atoms with E-state index in [1.54, 1.807) is 0 Å². The normalized spacial score (nSPS) is 28.4. The first kappa shape index (κ1) is 14.4. The topological polar surface area (TPSA) is 32.3 Å². The van der Waals surface area contributed by atoms with Gasteiger partial charge in [-0.25, -0.2) is 0 Å². The zero-order valence-corrected chi connectivity index (χ0v) is 13.3. The van der Waals surface area contributed by atoms with Gasteiger partial charge < -0.3 is 10.4 Å². The van der Waals surface area contributed by atoms with Crippen LogP contribution < -0.4 is 5.32 Å². The Bertz CT molecular complexity index is 482. The van der Waals surface area contributed by atoms with E-state index < -0.39 is 5.60 Å². The van der Waals surface area contributed by atoms with E-state index in [9.17, 15) is 5.11 Å². The fourth-order valence-corrected chi connectivity index (χ4v) is 4.75. The van der Waals surface area contributed by atoms with Crippen molar-refractivity contribution in [3.8, 4) is 0 Å². The van der Waals surface area contributed by atoms with Crippen molar-refractivity contribution in [2.75, 3.05) is 18.1 Å². The fourth-order valence-electron chi connectivity index (χ4n) is 3.50. The average molecular weight is 291 g/mol. The van der Waals surface area contributed by atoms with Crippen molar-refractivity contribution < 1.29 is 5.11 Å². The van der Waals surface area contributed by atoms with Crippen LogP contribution in [0, 0.1) is 12.8 Å². The molecule has 0 spiro atoms. The number of nitrogens with one attached hydrogen (secondary N) is 1. The minimum absolute atomic E-state index is 0.406. The number of aryl methyl sites for hydroxylation is 1. The SMILES string of the molecule is Cc1ccc2c(c1)C(NCC1(O)CCSCC1)C(C)C2. The lowest BCUT2D eigenvalue weighted by Gasteiger charge is -2.34. The molecule has 0 bridgehead atoms. The zero-order chi connectivity index (χ0) is 14.2. The third-order valence-corrected chi connectivity index (χ3v) is 5.81. The molecule has 2 N–H and O–H groups in total. The molecule has 1 aliphatic heterocycles. The van der Waals surface area contributed by atoms with Crippen molar-refractivity contribution >= 4 is 11.8 Å². The maximum atomic E-state index is 10.6. The highest BCUT2D eigenvalue weighted by Crippen LogP contribution is 2.37. The van der Waals surface area contributed by atoms with E-state index in [0.29, 0.717) is 12.0 Å². The van der Waals surface area contributed by atoms with Gasteiger partial charge in [0.2, 0.25) is 0 Å². The number of aliphatic hydroxyl groups is 1. The van der Waals surface area contributed by atoms with Gasteiger partial charge in [0.05, 0.1) is 5.60 Å². The lowest BCUT2D eigenvalue weighted by molar-refractivity contribution is 0.0282. The van der Waals surface area contributed by atoms with Crippen LogP contribution in [0.1, 0.15) is 42.5 Å². The summed E-state index contributed by atoms with van der Waals surface area (Å²) in [7, 11) is 0. The third-order valence-electron chi connectivity index (χ3n) is 4.82. The highest BCUT2D eigenvalue weighted by atomic mass is 32.2. The van der Waals surface area contributed by atoms with Crippen molar-refractivity contribution in [3.05, 3.63) is 34.9 Å². The van der Waals surface area contributed by atoms with E-state index in [2.05, 4.69) is 37.4 Å². The Morgan fingerprint density at radius 3 is 2.85 bits per heavy atom. The monoisotopic (exact) mass is 291 g/mol. The van der Waals surface area contributed by atoms with Gasteiger partial charge in [-0.2, -0.15) is 11.8 Å². The largest absolute Gasteiger partial charge is 0.389 e. The predicted octanol–water partition coefficient (Wildman–Crippen LogP) is 3.08. The van der Waals surface area contributed by atoms with Crippen LogP contribution in [0.5, 0.6) is 0 Å². The Kier molecular flexibility index (Phi) is 4.11. The standard InChI is InChI=1S/C17H25NOS/c1-12-3-4-14-10-13(2)16(15(14)9-12)18-11-17(19)5-7-20-8-6-17/h3-4,9,13,16,18-19H,5-8,10-11H2,1-2H3. The predicted molar refractivity (Wildman–Crippen MR) is 86.3 cm³/mol. The summed E-state index contributed by atoms with van der Waals surface area (Å²) < 4.78 is 0. The first-order valence-electron chi connectivity index (χ1n) is 7.70. The van der Waals surface area contributed by atoms with Gasteiger partial charge in [-0.05, 0) is 54.7 Å². The highest BCUT2D eigenvalue weighted by molar-refractivity contribution is 7.99. The fraction of sp³-hybridized carbons (Fsp3) is 0.647. The third kappa shape index (κ3) is 2.90. The molecule has 0 saturated carbocycles. The van der Waals surface area contributed by atoms with E-state index in [0.717, 1.165) is 37.3 Å². The van der Waals surface area contributed by atoms with E-state index in [1.807, 2.05) is 11.8 Å². The molecule has 0 aromatic heterocycles.